The van der Waals surface area contributed by atoms with Gasteiger partial charge in [-0.25, -0.2) is 0 Å². The molecule has 0 radical (unpaired) electrons. The fraction of sp³-hybridized carbons (Fsp3) is 0.224. The smallest absolute Gasteiger partial charge is 0.0562 e. The van der Waals surface area contributed by atoms with Gasteiger partial charge in [-0.05, 0) is 101 Å². The van der Waals surface area contributed by atoms with E-state index < -0.39 is 0 Å². The zero-order chi connectivity index (χ0) is 34.4. The van der Waals surface area contributed by atoms with E-state index in [9.17, 15) is 0 Å². The molecule has 4 aromatic rings. The average molecular weight is 663 g/mol. The first-order valence-electron chi connectivity index (χ1n) is 18.8. The fourth-order valence-corrected chi connectivity index (χ4v) is 9.20. The highest BCUT2D eigenvalue weighted by atomic mass is 15.2. The van der Waals surface area contributed by atoms with Crippen molar-refractivity contribution in [1.82, 2.24) is 4.90 Å². The lowest BCUT2D eigenvalue weighted by molar-refractivity contribution is 0.369. The quantitative estimate of drug-likeness (QED) is 0.194. The summed E-state index contributed by atoms with van der Waals surface area (Å²) in [5.41, 5.74) is 12.6. The van der Waals surface area contributed by atoms with Gasteiger partial charge in [0.25, 0.3) is 0 Å². The number of nitrogens with zero attached hydrogens (tertiary/aromatic N) is 2. The molecule has 2 heteroatoms. The molecule has 3 atom stereocenters. The van der Waals surface area contributed by atoms with Crippen molar-refractivity contribution in [3.8, 4) is 0 Å². The van der Waals surface area contributed by atoms with Crippen molar-refractivity contribution in [2.75, 3.05) is 4.90 Å². The summed E-state index contributed by atoms with van der Waals surface area (Å²) in [4.78, 5) is 5.16. The van der Waals surface area contributed by atoms with Crippen molar-refractivity contribution < 1.29 is 0 Å². The number of hydrogen-bond acceptors (Lipinski definition) is 2. The molecule has 0 bridgehead atoms. The minimum absolute atomic E-state index is 0.0752. The number of benzene rings is 4. The minimum Gasteiger partial charge on any atom is -0.338 e. The molecule has 0 saturated carbocycles. The van der Waals surface area contributed by atoms with Crippen molar-refractivity contribution in [2.45, 2.75) is 63.5 Å². The molecule has 3 unspecified atom stereocenters. The van der Waals surface area contributed by atoms with Gasteiger partial charge in [0, 0.05) is 34.1 Å². The van der Waals surface area contributed by atoms with Crippen LogP contribution in [0.5, 0.6) is 0 Å². The third-order valence-electron chi connectivity index (χ3n) is 11.8. The van der Waals surface area contributed by atoms with Crippen molar-refractivity contribution in [1.29, 1.82) is 0 Å². The van der Waals surface area contributed by atoms with Crippen LogP contribution >= 0.6 is 0 Å². The summed E-state index contributed by atoms with van der Waals surface area (Å²) in [5, 5.41) is 2.69. The summed E-state index contributed by atoms with van der Waals surface area (Å²) in [7, 11) is 0. The summed E-state index contributed by atoms with van der Waals surface area (Å²) < 4.78 is 0. The summed E-state index contributed by atoms with van der Waals surface area (Å²) in [6.07, 6.45) is 27.3. The SMILES string of the molecule is CC1(C)C2=C(C=C(N(C3=CC(C4=CCC(N(c5ccccc5)c5ccccc5)C=C4)CC=C3)C3C=c4ccccc4=CC3)CC2)c2ccccc21. The molecule has 252 valence electrons. The van der Waals surface area contributed by atoms with Crippen LogP contribution in [-0.2, 0) is 5.41 Å². The normalized spacial score (nSPS) is 22.7. The van der Waals surface area contributed by atoms with Crippen LogP contribution in [0.25, 0.3) is 17.7 Å². The second-order valence-electron chi connectivity index (χ2n) is 15.1. The van der Waals surface area contributed by atoms with Crippen molar-refractivity contribution in [2.24, 2.45) is 5.92 Å². The molecule has 0 fully saturated rings. The van der Waals surface area contributed by atoms with Crippen LogP contribution in [0.4, 0.5) is 11.4 Å². The summed E-state index contributed by atoms with van der Waals surface area (Å²) in [5.74, 6) is 0.344. The van der Waals surface area contributed by atoms with Crippen molar-refractivity contribution in [3.63, 3.8) is 0 Å². The predicted octanol–water partition coefficient (Wildman–Crippen LogP) is 10.3. The molecule has 4 aromatic carbocycles. The first-order chi connectivity index (χ1) is 25.0. The minimum atomic E-state index is 0.0752. The highest BCUT2D eigenvalue weighted by Gasteiger charge is 2.39. The molecule has 0 aromatic heterocycles. The fourth-order valence-electron chi connectivity index (χ4n) is 9.20. The first-order valence-corrected chi connectivity index (χ1v) is 18.8. The maximum absolute atomic E-state index is 2.69. The standard InChI is InChI=1S/C49H46N2/c1-49(2)47-23-12-11-22-45(47)46-34-44(30-31-48(46)49)51(43-29-26-35-14-9-10-15-37(35)33-43)42-21-13-16-38(32-42)36-24-27-41(28-25-36)50(39-17-5-3-6-18-39)40-19-7-4-8-20-40/h3-15,17-27,32-34,38,41,43H,16,28-31H2,1-2H3. The van der Waals surface area contributed by atoms with Gasteiger partial charge >= 0.3 is 0 Å². The number of rotatable bonds is 7. The molecule has 0 aliphatic heterocycles. The Hall–Kier alpha value is -5.34. The van der Waals surface area contributed by atoms with Crippen molar-refractivity contribution in [3.05, 3.63) is 196 Å². The number of allylic oxidation sites excluding steroid dienone is 9. The van der Waals surface area contributed by atoms with Crippen LogP contribution in [0.1, 0.15) is 57.1 Å². The van der Waals surface area contributed by atoms with Gasteiger partial charge in [0.1, 0.15) is 0 Å². The molecular weight excluding hydrogens is 617 g/mol. The number of anilines is 2. The largest absolute Gasteiger partial charge is 0.338 e. The van der Waals surface area contributed by atoms with Crippen LogP contribution in [0, 0.1) is 5.92 Å². The molecule has 0 N–H and O–H groups in total. The first kappa shape index (κ1) is 31.6. The second-order valence-corrected chi connectivity index (χ2v) is 15.1. The van der Waals surface area contributed by atoms with Gasteiger partial charge in [-0.15, -0.1) is 0 Å². The number of hydrogen-bond donors (Lipinski definition) is 0. The molecule has 0 heterocycles. The molecule has 0 amide bonds. The molecule has 5 aliphatic carbocycles. The second kappa shape index (κ2) is 13.1. The average Bonchev–Trinajstić information content (AvgIpc) is 3.42. The monoisotopic (exact) mass is 662 g/mol. The number of fused-ring (bicyclic) bond motifs is 3. The Kier molecular flexibility index (Phi) is 8.11. The maximum atomic E-state index is 2.69. The Balaban J connectivity index is 1.06. The molecular formula is C49H46N2. The highest BCUT2D eigenvalue weighted by Crippen LogP contribution is 2.51. The molecule has 9 rings (SSSR count). The Morgan fingerprint density at radius 3 is 2.04 bits per heavy atom. The van der Waals surface area contributed by atoms with Crippen LogP contribution in [0.3, 0.4) is 0 Å². The molecule has 2 nitrogen and oxygen atoms in total. The molecule has 0 spiro atoms. The van der Waals surface area contributed by atoms with Gasteiger partial charge in [0.15, 0.2) is 0 Å². The Bertz CT molecular complexity index is 2240. The van der Waals surface area contributed by atoms with Crippen molar-refractivity contribution >= 4 is 29.1 Å². The molecule has 0 saturated heterocycles. The lowest BCUT2D eigenvalue weighted by Crippen LogP contribution is -2.39. The molecule has 5 aliphatic rings. The van der Waals surface area contributed by atoms with E-state index in [1.807, 2.05) is 0 Å². The van der Waals surface area contributed by atoms with Gasteiger partial charge < -0.3 is 9.80 Å². The van der Waals surface area contributed by atoms with Crippen LogP contribution < -0.4 is 15.3 Å². The van der Waals surface area contributed by atoms with Gasteiger partial charge in [-0.2, -0.15) is 0 Å². The van der Waals surface area contributed by atoms with Gasteiger partial charge in [-0.3, -0.25) is 0 Å². The highest BCUT2D eigenvalue weighted by molar-refractivity contribution is 5.87. The van der Waals surface area contributed by atoms with E-state index in [-0.39, 0.29) is 17.5 Å². The number of para-hydroxylation sites is 2. The summed E-state index contributed by atoms with van der Waals surface area (Å²) >= 11 is 0. The van der Waals surface area contributed by atoms with Crippen LogP contribution in [0.2, 0.25) is 0 Å². The lowest BCUT2D eigenvalue weighted by Gasteiger charge is -2.39. The zero-order valence-corrected chi connectivity index (χ0v) is 29.8. The van der Waals surface area contributed by atoms with E-state index in [1.165, 1.54) is 55.5 Å². The third-order valence-corrected chi connectivity index (χ3v) is 11.8. The predicted molar refractivity (Wildman–Crippen MR) is 215 cm³/mol. The van der Waals surface area contributed by atoms with E-state index >= 15 is 0 Å². The van der Waals surface area contributed by atoms with Gasteiger partial charge in [-0.1, -0.05) is 147 Å². The van der Waals surface area contributed by atoms with Crippen LogP contribution in [0.15, 0.2) is 174 Å². The lowest BCUT2D eigenvalue weighted by atomic mass is 9.78. The van der Waals surface area contributed by atoms with E-state index in [2.05, 4.69) is 188 Å². The van der Waals surface area contributed by atoms with E-state index in [1.54, 1.807) is 5.57 Å². The zero-order valence-electron chi connectivity index (χ0n) is 29.8. The van der Waals surface area contributed by atoms with E-state index in [0.29, 0.717) is 5.92 Å². The Morgan fingerprint density at radius 2 is 1.29 bits per heavy atom. The summed E-state index contributed by atoms with van der Waals surface area (Å²) in [6.45, 7) is 4.83. The van der Waals surface area contributed by atoms with Gasteiger partial charge in [0.05, 0.1) is 12.1 Å². The van der Waals surface area contributed by atoms with Crippen LogP contribution in [-0.4, -0.2) is 17.0 Å². The Morgan fingerprint density at radius 1 is 0.608 bits per heavy atom. The van der Waals surface area contributed by atoms with E-state index in [4.69, 9.17) is 0 Å². The maximum Gasteiger partial charge on any atom is 0.0562 e. The Labute approximate surface area is 303 Å². The molecule has 51 heavy (non-hydrogen) atoms. The van der Waals surface area contributed by atoms with E-state index in [0.717, 1.165) is 32.1 Å². The van der Waals surface area contributed by atoms with Gasteiger partial charge in [0.2, 0.25) is 0 Å². The summed E-state index contributed by atoms with van der Waals surface area (Å²) in [6, 6.07) is 40.1. The third kappa shape index (κ3) is 5.77. The topological polar surface area (TPSA) is 6.48 Å².